The molecule has 2 rings (SSSR count). The average Bonchev–Trinajstić information content (AvgIpc) is 2.79. The van der Waals surface area contributed by atoms with Crippen LogP contribution >= 0.6 is 23.4 Å². The topological polar surface area (TPSA) is 25.2 Å². The number of benzene rings is 1. The summed E-state index contributed by atoms with van der Waals surface area (Å²) >= 11 is 7.87. The summed E-state index contributed by atoms with van der Waals surface area (Å²) in [6.45, 7) is 2.70. The number of furan rings is 1. The van der Waals surface area contributed by atoms with Crippen LogP contribution in [0.1, 0.15) is 17.1 Å². The maximum absolute atomic E-state index is 6.12. The molecule has 0 bridgehead atoms. The normalized spacial score (nSPS) is 10.6. The van der Waals surface area contributed by atoms with Crippen LogP contribution in [0.3, 0.4) is 0 Å². The Morgan fingerprint density at radius 1 is 1.22 bits per heavy atom. The molecule has 0 aliphatic carbocycles. The van der Waals surface area contributed by atoms with Gasteiger partial charge in [-0.25, -0.2) is 0 Å². The van der Waals surface area contributed by atoms with E-state index in [2.05, 4.69) is 11.6 Å². The number of hydrogen-bond acceptors (Lipinski definition) is 3. The lowest BCUT2D eigenvalue weighted by atomic mass is 10.2. The van der Waals surface area contributed by atoms with Gasteiger partial charge >= 0.3 is 0 Å². The van der Waals surface area contributed by atoms with Gasteiger partial charge in [0.25, 0.3) is 0 Å². The molecular formula is C14H16ClNOS. The van der Waals surface area contributed by atoms with E-state index in [0.717, 1.165) is 28.0 Å². The highest BCUT2D eigenvalue weighted by Gasteiger charge is 2.04. The SMILES string of the molecule is CSCc1ccc(CNc2cc(C)ccc2Cl)o1. The summed E-state index contributed by atoms with van der Waals surface area (Å²) < 4.78 is 5.69. The number of nitrogens with one attached hydrogen (secondary N) is 1. The predicted molar refractivity (Wildman–Crippen MR) is 79.4 cm³/mol. The van der Waals surface area contributed by atoms with E-state index >= 15 is 0 Å². The van der Waals surface area contributed by atoms with Crippen molar-refractivity contribution in [3.8, 4) is 0 Å². The molecule has 1 aromatic heterocycles. The van der Waals surface area contributed by atoms with Crippen LogP contribution in [0.4, 0.5) is 5.69 Å². The molecule has 96 valence electrons. The van der Waals surface area contributed by atoms with Crippen LogP contribution in [0.25, 0.3) is 0 Å². The predicted octanol–water partition coefficient (Wildman–Crippen LogP) is 4.72. The molecule has 1 heterocycles. The fraction of sp³-hybridized carbons (Fsp3) is 0.286. The van der Waals surface area contributed by atoms with E-state index in [1.807, 2.05) is 37.3 Å². The molecular weight excluding hydrogens is 266 g/mol. The Morgan fingerprint density at radius 2 is 2.00 bits per heavy atom. The first-order chi connectivity index (χ1) is 8.69. The molecule has 4 heteroatoms. The van der Waals surface area contributed by atoms with Gasteiger partial charge in [-0.1, -0.05) is 17.7 Å². The largest absolute Gasteiger partial charge is 0.463 e. The lowest BCUT2D eigenvalue weighted by Gasteiger charge is -2.07. The van der Waals surface area contributed by atoms with Crippen molar-refractivity contribution in [1.82, 2.24) is 0 Å². The Balaban J connectivity index is 1.99. The van der Waals surface area contributed by atoms with E-state index in [-0.39, 0.29) is 0 Å². The molecule has 0 spiro atoms. The molecule has 1 aromatic carbocycles. The lowest BCUT2D eigenvalue weighted by Crippen LogP contribution is -1.99. The summed E-state index contributed by atoms with van der Waals surface area (Å²) in [7, 11) is 0. The zero-order valence-corrected chi connectivity index (χ0v) is 12.1. The van der Waals surface area contributed by atoms with Crippen molar-refractivity contribution in [3.63, 3.8) is 0 Å². The summed E-state index contributed by atoms with van der Waals surface area (Å²) in [4.78, 5) is 0. The first-order valence-corrected chi connectivity index (χ1v) is 7.53. The van der Waals surface area contributed by atoms with Gasteiger partial charge < -0.3 is 9.73 Å². The summed E-state index contributed by atoms with van der Waals surface area (Å²) in [5, 5.41) is 4.03. The maximum atomic E-state index is 6.12. The first kappa shape index (κ1) is 13.4. The third-order valence-electron chi connectivity index (χ3n) is 2.58. The van der Waals surface area contributed by atoms with E-state index in [9.17, 15) is 0 Å². The minimum atomic E-state index is 0.650. The van der Waals surface area contributed by atoms with Crippen LogP contribution in [-0.2, 0) is 12.3 Å². The fourth-order valence-electron chi connectivity index (χ4n) is 1.69. The van der Waals surface area contributed by atoms with Crippen LogP contribution in [0, 0.1) is 6.92 Å². The molecule has 0 atom stereocenters. The molecule has 0 radical (unpaired) electrons. The van der Waals surface area contributed by atoms with Crippen LogP contribution < -0.4 is 5.32 Å². The van der Waals surface area contributed by atoms with Gasteiger partial charge in [-0.05, 0) is 43.0 Å². The van der Waals surface area contributed by atoms with Gasteiger partial charge in [0.15, 0.2) is 0 Å². The second-order valence-corrected chi connectivity index (χ2v) is 5.41. The Labute approximate surface area is 117 Å². The maximum Gasteiger partial charge on any atom is 0.123 e. The summed E-state index contributed by atoms with van der Waals surface area (Å²) in [6.07, 6.45) is 2.06. The summed E-state index contributed by atoms with van der Waals surface area (Å²) in [6, 6.07) is 9.96. The minimum Gasteiger partial charge on any atom is -0.463 e. The zero-order chi connectivity index (χ0) is 13.0. The van der Waals surface area contributed by atoms with Crippen molar-refractivity contribution in [3.05, 3.63) is 52.4 Å². The van der Waals surface area contributed by atoms with Crippen molar-refractivity contribution in [1.29, 1.82) is 0 Å². The number of aryl methyl sites for hydroxylation is 1. The first-order valence-electron chi connectivity index (χ1n) is 5.75. The van der Waals surface area contributed by atoms with Gasteiger partial charge in [-0.15, -0.1) is 0 Å². The third-order valence-corrected chi connectivity index (χ3v) is 3.48. The molecule has 18 heavy (non-hydrogen) atoms. The molecule has 0 saturated carbocycles. The average molecular weight is 282 g/mol. The van der Waals surface area contributed by atoms with Gasteiger partial charge in [-0.2, -0.15) is 11.8 Å². The second-order valence-electron chi connectivity index (χ2n) is 4.14. The number of anilines is 1. The Kier molecular flexibility index (Phi) is 4.61. The monoisotopic (exact) mass is 281 g/mol. The molecule has 1 N–H and O–H groups in total. The number of thioether (sulfide) groups is 1. The highest BCUT2D eigenvalue weighted by Crippen LogP contribution is 2.23. The van der Waals surface area contributed by atoms with Gasteiger partial charge in [0.2, 0.25) is 0 Å². The minimum absolute atomic E-state index is 0.650. The van der Waals surface area contributed by atoms with E-state index in [0.29, 0.717) is 6.54 Å². The molecule has 0 fully saturated rings. The van der Waals surface area contributed by atoms with E-state index in [4.69, 9.17) is 16.0 Å². The van der Waals surface area contributed by atoms with Crippen molar-refractivity contribution in [2.75, 3.05) is 11.6 Å². The van der Waals surface area contributed by atoms with Crippen molar-refractivity contribution in [2.24, 2.45) is 0 Å². The second kappa shape index (κ2) is 6.21. The highest BCUT2D eigenvalue weighted by molar-refractivity contribution is 7.97. The smallest absolute Gasteiger partial charge is 0.123 e. The quantitative estimate of drug-likeness (QED) is 0.859. The van der Waals surface area contributed by atoms with E-state index < -0.39 is 0 Å². The molecule has 0 saturated heterocycles. The van der Waals surface area contributed by atoms with Gasteiger partial charge in [0.1, 0.15) is 11.5 Å². The highest BCUT2D eigenvalue weighted by atomic mass is 35.5. The molecule has 0 aliphatic rings. The lowest BCUT2D eigenvalue weighted by molar-refractivity contribution is 0.487. The van der Waals surface area contributed by atoms with Crippen molar-refractivity contribution >= 4 is 29.1 Å². The summed E-state index contributed by atoms with van der Waals surface area (Å²) in [5.41, 5.74) is 2.13. The zero-order valence-electron chi connectivity index (χ0n) is 10.5. The Bertz CT molecular complexity index is 524. The van der Waals surface area contributed by atoms with Crippen LogP contribution in [-0.4, -0.2) is 6.26 Å². The van der Waals surface area contributed by atoms with Crippen molar-refractivity contribution < 1.29 is 4.42 Å². The van der Waals surface area contributed by atoms with Gasteiger partial charge in [-0.3, -0.25) is 0 Å². The van der Waals surface area contributed by atoms with Crippen LogP contribution in [0.5, 0.6) is 0 Å². The van der Waals surface area contributed by atoms with E-state index in [1.54, 1.807) is 11.8 Å². The Hall–Kier alpha value is -1.06. The third kappa shape index (κ3) is 3.47. The standard InChI is InChI=1S/C14H16ClNOS/c1-10-3-6-13(15)14(7-10)16-8-11-4-5-12(17-11)9-18-2/h3-7,16H,8-9H2,1-2H3. The van der Waals surface area contributed by atoms with Crippen molar-refractivity contribution in [2.45, 2.75) is 19.2 Å². The Morgan fingerprint density at radius 3 is 2.78 bits per heavy atom. The van der Waals surface area contributed by atoms with Gasteiger partial charge in [0, 0.05) is 0 Å². The molecule has 0 aliphatic heterocycles. The number of hydrogen-bond donors (Lipinski definition) is 1. The molecule has 0 amide bonds. The fourth-order valence-corrected chi connectivity index (χ4v) is 2.32. The van der Waals surface area contributed by atoms with Gasteiger partial charge in [0.05, 0.1) is 23.0 Å². The van der Waals surface area contributed by atoms with Crippen LogP contribution in [0.2, 0.25) is 5.02 Å². The summed E-state index contributed by atoms with van der Waals surface area (Å²) in [5.74, 6) is 2.84. The number of rotatable bonds is 5. The van der Waals surface area contributed by atoms with Crippen LogP contribution in [0.15, 0.2) is 34.7 Å². The number of halogens is 1. The molecule has 0 unspecified atom stereocenters. The van der Waals surface area contributed by atoms with E-state index in [1.165, 1.54) is 5.56 Å². The molecule has 2 aromatic rings. The molecule has 2 nitrogen and oxygen atoms in total.